The molecule has 0 aromatic heterocycles. The van der Waals surface area contributed by atoms with Gasteiger partial charge in [-0.2, -0.15) is 0 Å². The minimum atomic E-state index is -1.79. The van der Waals surface area contributed by atoms with Crippen molar-refractivity contribution < 1.29 is 124 Å². The molecule has 0 amide bonds. The van der Waals surface area contributed by atoms with Crippen LogP contribution in [0.5, 0.6) is 0 Å². The highest BCUT2D eigenvalue weighted by atomic mass is 16.8. The molecule has 434 valence electrons. The summed E-state index contributed by atoms with van der Waals surface area (Å²) < 4.78 is 57.5. The maximum atomic E-state index is 11.3. The second kappa shape index (κ2) is 28.9. The fourth-order valence-corrected chi connectivity index (χ4v) is 9.27. The summed E-state index contributed by atoms with van der Waals surface area (Å²) in [4.78, 5) is 0. The molecule has 5 fully saturated rings. The smallest absolute Gasteiger partial charge is 0.187 e. The van der Waals surface area contributed by atoms with Crippen LogP contribution in [-0.4, -0.2) is 262 Å². The number of rotatable bonds is 24. The van der Waals surface area contributed by atoms with Crippen molar-refractivity contribution in [2.45, 2.75) is 239 Å². The highest BCUT2D eigenvalue weighted by molar-refractivity contribution is 5.08. The quantitative estimate of drug-likeness (QED) is 0.0413. The van der Waals surface area contributed by atoms with Crippen LogP contribution in [0, 0.1) is 0 Å². The average molecular weight is 1090 g/mol. The Morgan fingerprint density at radius 2 is 0.880 bits per heavy atom. The van der Waals surface area contributed by atoms with E-state index in [1.165, 1.54) is 13.8 Å². The molecule has 5 aliphatic heterocycles. The van der Waals surface area contributed by atoms with Crippen LogP contribution in [-0.2, 0) is 47.4 Å². The van der Waals surface area contributed by atoms with Gasteiger partial charge < -0.3 is 124 Å². The standard InChI is InChI=1S/C50H84O25/c1-8-50(7,75-49-42(65)37(60)43(28(19-52)71-49)73-48-40(63)35(58)32(55)27(18-51)70-48)17-11-16-23(3)13-9-12-22(2)14-10-15-24(4)20-66-46-41(64)36(59)44(74-47-39(62)34(57)31(54)26(6)69-47)29(72-46)21-67-45-38(61)33(56)30(53)25(5)68-45/h8,12,15-16,25-49,51-65H,1,9-11,13-14,17-21H2,2-7H3. The van der Waals surface area contributed by atoms with Crippen molar-refractivity contribution in [3.63, 3.8) is 0 Å². The summed E-state index contributed by atoms with van der Waals surface area (Å²) in [6.07, 6.45) is -26.3. The lowest BCUT2D eigenvalue weighted by atomic mass is 9.95. The van der Waals surface area contributed by atoms with Crippen molar-refractivity contribution in [1.29, 1.82) is 0 Å². The zero-order valence-electron chi connectivity index (χ0n) is 43.3. The fourth-order valence-electron chi connectivity index (χ4n) is 9.27. The number of aliphatic hydroxyl groups excluding tert-OH is 15. The Morgan fingerprint density at radius 1 is 0.467 bits per heavy atom. The summed E-state index contributed by atoms with van der Waals surface area (Å²) >= 11 is 0. The second-order valence-electron chi connectivity index (χ2n) is 20.5. The molecular weight excluding hydrogens is 1000 g/mol. The molecule has 25 heteroatoms. The van der Waals surface area contributed by atoms with Crippen molar-refractivity contribution in [2.75, 3.05) is 26.4 Å². The Bertz CT molecular complexity index is 1840. The van der Waals surface area contributed by atoms with E-state index in [-0.39, 0.29) is 6.61 Å². The van der Waals surface area contributed by atoms with Gasteiger partial charge >= 0.3 is 0 Å². The van der Waals surface area contributed by atoms with E-state index < -0.39 is 179 Å². The molecule has 0 saturated carbocycles. The first-order chi connectivity index (χ1) is 35.4. The molecule has 5 saturated heterocycles. The fraction of sp³-hybridized carbons (Fsp3) is 0.840. The van der Waals surface area contributed by atoms with Crippen LogP contribution in [0.15, 0.2) is 47.6 Å². The Labute approximate surface area is 436 Å². The predicted molar refractivity (Wildman–Crippen MR) is 257 cm³/mol. The molecule has 5 heterocycles. The Morgan fingerprint density at radius 3 is 1.43 bits per heavy atom. The van der Waals surface area contributed by atoms with Gasteiger partial charge in [-0.1, -0.05) is 41.0 Å². The van der Waals surface area contributed by atoms with Crippen LogP contribution in [0.4, 0.5) is 0 Å². The molecule has 0 bridgehead atoms. The number of hydrogen-bond acceptors (Lipinski definition) is 25. The first-order valence-corrected chi connectivity index (χ1v) is 25.5. The lowest BCUT2D eigenvalue weighted by molar-refractivity contribution is -0.365. The number of allylic oxidation sites excluding steroid dienone is 5. The highest BCUT2D eigenvalue weighted by Gasteiger charge is 2.53. The first kappa shape index (κ1) is 63.8. The number of hydrogen-bond donors (Lipinski definition) is 15. The van der Waals surface area contributed by atoms with Gasteiger partial charge in [0.25, 0.3) is 0 Å². The molecule has 0 aromatic rings. The highest BCUT2D eigenvalue weighted by Crippen LogP contribution is 2.34. The molecule has 0 aliphatic carbocycles. The summed E-state index contributed by atoms with van der Waals surface area (Å²) in [5.74, 6) is 0. The van der Waals surface area contributed by atoms with Crippen molar-refractivity contribution in [3.8, 4) is 0 Å². The van der Waals surface area contributed by atoms with E-state index in [4.69, 9.17) is 47.4 Å². The van der Waals surface area contributed by atoms with Crippen LogP contribution in [0.2, 0.25) is 0 Å². The molecule has 25 nitrogen and oxygen atoms in total. The van der Waals surface area contributed by atoms with Crippen molar-refractivity contribution in [2.24, 2.45) is 0 Å². The first-order valence-electron chi connectivity index (χ1n) is 25.5. The SMILES string of the molecule is C=CC(C)(CCC=C(C)CCC=C(C)CCC=C(C)COC1OC(COC2OC(C)C(O)C(O)C2O)C(OC2OC(C)C(O)C(O)C2O)C(O)C1O)OC1OC(CO)C(OC2OC(CO)C(O)C(O)C2O)C(O)C1O. The number of ether oxygens (including phenoxy) is 10. The van der Waals surface area contributed by atoms with Gasteiger partial charge in [-0.25, -0.2) is 0 Å². The second-order valence-corrected chi connectivity index (χ2v) is 20.5. The minimum Gasteiger partial charge on any atom is -0.394 e. The third kappa shape index (κ3) is 16.3. The zero-order chi connectivity index (χ0) is 55.6. The van der Waals surface area contributed by atoms with Gasteiger partial charge in [0, 0.05) is 0 Å². The van der Waals surface area contributed by atoms with Crippen LogP contribution in [0.25, 0.3) is 0 Å². The van der Waals surface area contributed by atoms with Crippen molar-refractivity contribution in [3.05, 3.63) is 47.6 Å². The van der Waals surface area contributed by atoms with Gasteiger partial charge in [0.15, 0.2) is 31.5 Å². The maximum absolute atomic E-state index is 11.3. The monoisotopic (exact) mass is 1080 g/mol. The molecular formula is C50H84O25. The molecule has 0 aromatic carbocycles. The Balaban J connectivity index is 1.07. The average Bonchev–Trinajstić information content (AvgIpc) is 3.38. The van der Waals surface area contributed by atoms with E-state index >= 15 is 0 Å². The van der Waals surface area contributed by atoms with E-state index in [1.807, 2.05) is 26.8 Å². The largest absolute Gasteiger partial charge is 0.394 e. The Hall–Kier alpha value is -2.04. The number of aliphatic hydroxyl groups is 15. The molecule has 5 rings (SSSR count). The van der Waals surface area contributed by atoms with E-state index in [9.17, 15) is 76.6 Å². The molecule has 0 spiro atoms. The van der Waals surface area contributed by atoms with E-state index in [1.54, 1.807) is 13.0 Å². The van der Waals surface area contributed by atoms with E-state index in [2.05, 4.69) is 18.7 Å². The molecule has 26 atom stereocenters. The third-order valence-corrected chi connectivity index (χ3v) is 14.4. The minimum absolute atomic E-state index is 0.0162. The van der Waals surface area contributed by atoms with Crippen molar-refractivity contribution >= 4 is 0 Å². The lowest BCUT2D eigenvalue weighted by Gasteiger charge is -2.47. The molecule has 0 radical (unpaired) electrons. The molecule has 75 heavy (non-hydrogen) atoms. The van der Waals surface area contributed by atoms with Crippen LogP contribution >= 0.6 is 0 Å². The summed E-state index contributed by atoms with van der Waals surface area (Å²) in [5, 5.41) is 157. The topological polar surface area (TPSA) is 396 Å². The van der Waals surface area contributed by atoms with Crippen LogP contribution in [0.1, 0.15) is 80.1 Å². The summed E-state index contributed by atoms with van der Waals surface area (Å²) in [6.45, 7) is 12.4. The van der Waals surface area contributed by atoms with Crippen LogP contribution < -0.4 is 0 Å². The van der Waals surface area contributed by atoms with Gasteiger partial charge in [0.05, 0.1) is 44.2 Å². The molecule has 15 N–H and O–H groups in total. The van der Waals surface area contributed by atoms with Gasteiger partial charge in [-0.15, -0.1) is 6.58 Å². The van der Waals surface area contributed by atoms with Gasteiger partial charge in [0.2, 0.25) is 0 Å². The molecule has 5 aliphatic rings. The summed E-state index contributed by atoms with van der Waals surface area (Å²) in [5.41, 5.74) is 1.99. The van der Waals surface area contributed by atoms with Gasteiger partial charge in [-0.05, 0) is 80.1 Å². The predicted octanol–water partition coefficient (Wildman–Crippen LogP) is -3.73. The summed E-state index contributed by atoms with van der Waals surface area (Å²) in [6, 6.07) is 0. The molecule has 26 unspecified atom stereocenters. The van der Waals surface area contributed by atoms with Gasteiger partial charge in [0.1, 0.15) is 110 Å². The van der Waals surface area contributed by atoms with Crippen LogP contribution in [0.3, 0.4) is 0 Å². The maximum Gasteiger partial charge on any atom is 0.187 e. The normalized spacial score (nSPS) is 44.3. The van der Waals surface area contributed by atoms with Gasteiger partial charge in [-0.3, -0.25) is 0 Å². The van der Waals surface area contributed by atoms with E-state index in [0.29, 0.717) is 19.3 Å². The third-order valence-electron chi connectivity index (χ3n) is 14.4. The zero-order valence-corrected chi connectivity index (χ0v) is 43.3. The van der Waals surface area contributed by atoms with E-state index in [0.717, 1.165) is 36.0 Å². The summed E-state index contributed by atoms with van der Waals surface area (Å²) in [7, 11) is 0. The van der Waals surface area contributed by atoms with Crippen molar-refractivity contribution in [1.82, 2.24) is 0 Å². The Kier molecular flexibility index (Phi) is 24.6. The lowest BCUT2D eigenvalue weighted by Crippen LogP contribution is -2.65.